The molecule has 0 spiro atoms. The van der Waals surface area contributed by atoms with Crippen LogP contribution in [0.2, 0.25) is 0 Å². The minimum absolute atomic E-state index is 0.165. The standard InChI is InChI=1S/C17H16FN3O4/c1-11-5-7-13(8-6-11)19-16(23)17(24)21-20-15(22)10-25-14-4-2-3-12(18)9-14/h2-9H,10H2,1H3,(H,19,23)(H,20,22)(H,21,24). The van der Waals surface area contributed by atoms with Crippen LogP contribution in [0, 0.1) is 12.7 Å². The number of aryl methyl sites for hydroxylation is 1. The first-order chi connectivity index (χ1) is 11.9. The van der Waals surface area contributed by atoms with Crippen LogP contribution in [0.4, 0.5) is 10.1 Å². The van der Waals surface area contributed by atoms with Gasteiger partial charge in [-0.15, -0.1) is 0 Å². The van der Waals surface area contributed by atoms with Gasteiger partial charge in [0, 0.05) is 11.8 Å². The van der Waals surface area contributed by atoms with Gasteiger partial charge in [-0.3, -0.25) is 25.2 Å². The molecule has 0 radical (unpaired) electrons. The Kier molecular flexibility index (Phi) is 6.05. The Bertz CT molecular complexity index is 778. The Labute approximate surface area is 143 Å². The fourth-order valence-electron chi connectivity index (χ4n) is 1.75. The molecule has 0 unspecified atom stereocenters. The molecule has 8 heteroatoms. The zero-order valence-corrected chi connectivity index (χ0v) is 13.3. The van der Waals surface area contributed by atoms with Gasteiger partial charge in [0.1, 0.15) is 11.6 Å². The summed E-state index contributed by atoms with van der Waals surface area (Å²) in [4.78, 5) is 34.8. The van der Waals surface area contributed by atoms with Gasteiger partial charge in [0.05, 0.1) is 0 Å². The van der Waals surface area contributed by atoms with E-state index in [1.54, 1.807) is 24.3 Å². The van der Waals surface area contributed by atoms with E-state index >= 15 is 0 Å². The van der Waals surface area contributed by atoms with Crippen LogP contribution in [0.15, 0.2) is 48.5 Å². The number of hydrazine groups is 1. The molecule has 0 fully saturated rings. The minimum Gasteiger partial charge on any atom is -0.484 e. The number of hydrogen-bond acceptors (Lipinski definition) is 4. The lowest BCUT2D eigenvalue weighted by Crippen LogP contribution is -2.48. The van der Waals surface area contributed by atoms with Crippen molar-refractivity contribution >= 4 is 23.4 Å². The largest absolute Gasteiger partial charge is 0.484 e. The third-order valence-corrected chi connectivity index (χ3v) is 3.00. The molecule has 3 N–H and O–H groups in total. The molecule has 130 valence electrons. The predicted octanol–water partition coefficient (Wildman–Crippen LogP) is 1.30. The Morgan fingerprint density at radius 1 is 1.00 bits per heavy atom. The second kappa shape index (κ2) is 8.44. The molecular formula is C17H16FN3O4. The normalized spacial score (nSPS) is 9.84. The Hall–Kier alpha value is -3.42. The van der Waals surface area contributed by atoms with Crippen molar-refractivity contribution in [2.75, 3.05) is 11.9 Å². The maximum absolute atomic E-state index is 13.0. The number of ether oxygens (including phenoxy) is 1. The van der Waals surface area contributed by atoms with Gasteiger partial charge in [0.25, 0.3) is 5.91 Å². The van der Waals surface area contributed by atoms with E-state index < -0.39 is 30.1 Å². The van der Waals surface area contributed by atoms with E-state index in [0.717, 1.165) is 11.6 Å². The van der Waals surface area contributed by atoms with Crippen molar-refractivity contribution in [3.05, 3.63) is 59.9 Å². The molecule has 0 heterocycles. The number of rotatable bonds is 4. The average Bonchev–Trinajstić information content (AvgIpc) is 2.60. The zero-order chi connectivity index (χ0) is 18.2. The number of amides is 3. The second-order valence-electron chi connectivity index (χ2n) is 5.07. The van der Waals surface area contributed by atoms with Crippen LogP contribution in [0.3, 0.4) is 0 Å². The molecular weight excluding hydrogens is 329 g/mol. The number of hydrogen-bond donors (Lipinski definition) is 3. The van der Waals surface area contributed by atoms with E-state index in [1.165, 1.54) is 18.2 Å². The van der Waals surface area contributed by atoms with Crippen molar-refractivity contribution in [1.29, 1.82) is 0 Å². The fourth-order valence-corrected chi connectivity index (χ4v) is 1.75. The van der Waals surface area contributed by atoms with Crippen LogP contribution in [0.5, 0.6) is 5.75 Å². The highest BCUT2D eigenvalue weighted by Gasteiger charge is 2.14. The summed E-state index contributed by atoms with van der Waals surface area (Å²) >= 11 is 0. The highest BCUT2D eigenvalue weighted by Crippen LogP contribution is 2.11. The molecule has 2 rings (SSSR count). The summed E-state index contributed by atoms with van der Waals surface area (Å²) in [7, 11) is 0. The molecule has 0 aliphatic rings. The average molecular weight is 345 g/mol. The monoisotopic (exact) mass is 345 g/mol. The molecule has 0 saturated carbocycles. The predicted molar refractivity (Wildman–Crippen MR) is 88.0 cm³/mol. The number of anilines is 1. The molecule has 0 saturated heterocycles. The van der Waals surface area contributed by atoms with Crippen molar-refractivity contribution in [3.8, 4) is 5.75 Å². The third kappa shape index (κ3) is 5.94. The zero-order valence-electron chi connectivity index (χ0n) is 13.3. The maximum Gasteiger partial charge on any atom is 0.328 e. The van der Waals surface area contributed by atoms with Gasteiger partial charge in [-0.2, -0.15) is 0 Å². The fraction of sp³-hybridized carbons (Fsp3) is 0.118. The van der Waals surface area contributed by atoms with Crippen molar-refractivity contribution in [2.24, 2.45) is 0 Å². The lowest BCUT2D eigenvalue weighted by Gasteiger charge is -2.09. The number of halogens is 1. The Morgan fingerprint density at radius 3 is 2.40 bits per heavy atom. The molecule has 7 nitrogen and oxygen atoms in total. The van der Waals surface area contributed by atoms with Crippen LogP contribution in [-0.2, 0) is 14.4 Å². The molecule has 25 heavy (non-hydrogen) atoms. The summed E-state index contributed by atoms with van der Waals surface area (Å²) in [5, 5.41) is 2.38. The van der Waals surface area contributed by atoms with Gasteiger partial charge in [-0.1, -0.05) is 23.8 Å². The van der Waals surface area contributed by atoms with Crippen LogP contribution in [0.1, 0.15) is 5.56 Å². The van der Waals surface area contributed by atoms with Crippen LogP contribution in [0.25, 0.3) is 0 Å². The van der Waals surface area contributed by atoms with Crippen molar-refractivity contribution in [1.82, 2.24) is 10.9 Å². The van der Waals surface area contributed by atoms with Crippen molar-refractivity contribution < 1.29 is 23.5 Å². The summed E-state index contributed by atoms with van der Waals surface area (Å²) in [6, 6.07) is 12.1. The van der Waals surface area contributed by atoms with Gasteiger partial charge < -0.3 is 10.1 Å². The summed E-state index contributed by atoms with van der Waals surface area (Å²) in [5.41, 5.74) is 5.44. The summed E-state index contributed by atoms with van der Waals surface area (Å²) in [5.74, 6) is -3.02. The van der Waals surface area contributed by atoms with Crippen LogP contribution >= 0.6 is 0 Å². The molecule has 0 aliphatic heterocycles. The first kappa shape index (κ1) is 17.9. The van der Waals surface area contributed by atoms with Crippen molar-refractivity contribution in [3.63, 3.8) is 0 Å². The molecule has 2 aromatic carbocycles. The van der Waals surface area contributed by atoms with Crippen molar-refractivity contribution in [2.45, 2.75) is 6.92 Å². The maximum atomic E-state index is 13.0. The van der Waals surface area contributed by atoms with E-state index in [-0.39, 0.29) is 5.75 Å². The molecule has 0 aromatic heterocycles. The number of carbonyl (C=O) groups is 3. The summed E-state index contributed by atoms with van der Waals surface area (Å²) < 4.78 is 18.0. The number of benzene rings is 2. The minimum atomic E-state index is -1.04. The van der Waals surface area contributed by atoms with Gasteiger partial charge in [0.15, 0.2) is 6.61 Å². The van der Waals surface area contributed by atoms with E-state index in [2.05, 4.69) is 5.32 Å². The highest BCUT2D eigenvalue weighted by molar-refractivity contribution is 6.39. The highest BCUT2D eigenvalue weighted by atomic mass is 19.1. The molecule has 0 atom stereocenters. The van der Waals surface area contributed by atoms with Crippen LogP contribution in [-0.4, -0.2) is 24.3 Å². The van der Waals surface area contributed by atoms with Gasteiger partial charge in [0.2, 0.25) is 0 Å². The number of nitrogens with one attached hydrogen (secondary N) is 3. The molecule has 2 aromatic rings. The van der Waals surface area contributed by atoms with Crippen LogP contribution < -0.4 is 20.9 Å². The molecule has 0 aliphatic carbocycles. The van der Waals surface area contributed by atoms with E-state index in [0.29, 0.717) is 5.69 Å². The first-order valence-electron chi connectivity index (χ1n) is 7.29. The molecule has 3 amide bonds. The smallest absolute Gasteiger partial charge is 0.328 e. The molecule has 0 bridgehead atoms. The van der Waals surface area contributed by atoms with E-state index in [4.69, 9.17) is 4.74 Å². The lowest BCUT2D eigenvalue weighted by atomic mass is 10.2. The van der Waals surface area contributed by atoms with E-state index in [1.807, 2.05) is 17.8 Å². The lowest BCUT2D eigenvalue weighted by molar-refractivity contribution is -0.138. The first-order valence-corrected chi connectivity index (χ1v) is 7.29. The third-order valence-electron chi connectivity index (χ3n) is 3.00. The van der Waals surface area contributed by atoms with Gasteiger partial charge >= 0.3 is 11.8 Å². The Morgan fingerprint density at radius 2 is 1.72 bits per heavy atom. The van der Waals surface area contributed by atoms with Gasteiger partial charge in [-0.25, -0.2) is 4.39 Å². The summed E-state index contributed by atoms with van der Waals surface area (Å²) in [6.45, 7) is 1.43. The quantitative estimate of drug-likeness (QED) is 0.575. The SMILES string of the molecule is Cc1ccc(NC(=O)C(=O)NNC(=O)COc2cccc(F)c2)cc1. The topological polar surface area (TPSA) is 96.5 Å². The second-order valence-corrected chi connectivity index (χ2v) is 5.07. The van der Waals surface area contributed by atoms with E-state index in [9.17, 15) is 18.8 Å². The summed E-state index contributed by atoms with van der Waals surface area (Å²) in [6.07, 6.45) is 0. The number of carbonyl (C=O) groups excluding carboxylic acids is 3. The van der Waals surface area contributed by atoms with Gasteiger partial charge in [-0.05, 0) is 31.2 Å². The Balaban J connectivity index is 1.73.